The monoisotopic (exact) mass is 530 g/mol. The molecule has 39 heavy (non-hydrogen) atoms. The first kappa shape index (κ1) is 25.4. The molecule has 0 aliphatic carbocycles. The summed E-state index contributed by atoms with van der Waals surface area (Å²) in [7, 11) is 0. The van der Waals surface area contributed by atoms with Gasteiger partial charge < -0.3 is 9.47 Å². The molecule has 204 valence electrons. The number of carbonyl (C=O) groups excluding carboxylic acids is 1. The maximum Gasteiger partial charge on any atom is 0.352 e. The number of rotatable bonds is 6. The van der Waals surface area contributed by atoms with Crippen LogP contribution in [0.5, 0.6) is 11.5 Å². The van der Waals surface area contributed by atoms with Gasteiger partial charge in [0.15, 0.2) is 5.78 Å². The molecule has 0 saturated carbocycles. The van der Waals surface area contributed by atoms with Crippen LogP contribution < -0.4 is 20.9 Å². The first-order valence-electron chi connectivity index (χ1n) is 13.7. The van der Waals surface area contributed by atoms with Gasteiger partial charge in [-0.3, -0.25) is 9.69 Å². The molecule has 3 aliphatic heterocycles. The van der Waals surface area contributed by atoms with Gasteiger partial charge in [-0.2, -0.15) is 0 Å². The van der Waals surface area contributed by atoms with Crippen molar-refractivity contribution in [2.75, 3.05) is 26.2 Å². The molecule has 1 atom stereocenters. The molecule has 2 aromatic carbocycles. The Kier molecular flexibility index (Phi) is 6.33. The Morgan fingerprint density at radius 2 is 1.77 bits per heavy atom. The minimum absolute atomic E-state index is 0.0773. The zero-order valence-corrected chi connectivity index (χ0v) is 22.7. The number of ether oxygens (including phenoxy) is 2. The zero-order valence-electron chi connectivity index (χ0n) is 22.7. The maximum absolute atomic E-state index is 13.8. The number of piperidine rings is 1. The lowest BCUT2D eigenvalue weighted by atomic mass is 9.83. The average molecular weight is 531 g/mol. The highest BCUT2D eigenvalue weighted by Gasteiger charge is 2.44. The molecule has 3 aromatic rings. The number of ketones is 1. The molecule has 4 heterocycles. The molecular formula is C30H34N4O5. The zero-order chi connectivity index (χ0) is 27.3. The molecule has 3 aliphatic rings. The van der Waals surface area contributed by atoms with Crippen LogP contribution in [0.4, 0.5) is 0 Å². The summed E-state index contributed by atoms with van der Waals surface area (Å²) in [4.78, 5) is 41.4. The highest BCUT2D eigenvalue weighted by atomic mass is 16.5. The SMILES string of the molecule is CC(=O)c1ccc(-n2c(=O)n3n(c2=O)C2C(=CC3)C(C)(C)Oc3cc(OCCN4CCCCC4)ccc32)cc1. The molecule has 0 spiro atoms. The second-order valence-corrected chi connectivity index (χ2v) is 11.1. The number of aromatic nitrogens is 3. The molecule has 9 nitrogen and oxygen atoms in total. The van der Waals surface area contributed by atoms with Crippen molar-refractivity contribution in [3.05, 3.63) is 86.2 Å². The summed E-state index contributed by atoms with van der Waals surface area (Å²) in [5.41, 5.74) is 1.15. The van der Waals surface area contributed by atoms with Gasteiger partial charge in [0.05, 0.1) is 12.2 Å². The fourth-order valence-electron chi connectivity index (χ4n) is 6.01. The lowest BCUT2D eigenvalue weighted by molar-refractivity contribution is 0.101. The Hall–Kier alpha value is -3.85. The molecule has 6 rings (SSSR count). The van der Waals surface area contributed by atoms with Crippen molar-refractivity contribution < 1.29 is 14.3 Å². The summed E-state index contributed by atoms with van der Waals surface area (Å²) in [5, 5.41) is 0. The molecule has 0 N–H and O–H groups in total. The van der Waals surface area contributed by atoms with E-state index in [2.05, 4.69) is 4.90 Å². The molecule has 1 aromatic heterocycles. The van der Waals surface area contributed by atoms with Crippen molar-refractivity contribution in [3.63, 3.8) is 0 Å². The predicted octanol–water partition coefficient (Wildman–Crippen LogP) is 3.57. The van der Waals surface area contributed by atoms with Crippen LogP contribution in [0, 0.1) is 0 Å². The van der Waals surface area contributed by atoms with E-state index in [9.17, 15) is 14.4 Å². The van der Waals surface area contributed by atoms with Gasteiger partial charge in [0, 0.05) is 23.7 Å². The summed E-state index contributed by atoms with van der Waals surface area (Å²) in [6.45, 7) is 9.44. The van der Waals surface area contributed by atoms with Crippen molar-refractivity contribution in [1.29, 1.82) is 0 Å². The van der Waals surface area contributed by atoms with E-state index in [-0.39, 0.29) is 12.3 Å². The summed E-state index contributed by atoms with van der Waals surface area (Å²) in [5.74, 6) is 1.29. The fraction of sp³-hybridized carbons (Fsp3) is 0.433. The number of benzene rings is 2. The van der Waals surface area contributed by atoms with Crippen LogP contribution in [-0.4, -0.2) is 56.5 Å². The van der Waals surface area contributed by atoms with E-state index >= 15 is 0 Å². The van der Waals surface area contributed by atoms with Crippen molar-refractivity contribution in [2.24, 2.45) is 0 Å². The van der Waals surface area contributed by atoms with Crippen molar-refractivity contribution >= 4 is 5.78 Å². The standard InChI is InChI=1S/C30H34N4O5/c1-20(35)21-7-9-22(10-8-21)33-28(36)32-16-13-25-27(34(32)29(33)37)24-12-11-23(19-26(24)39-30(25,2)3)38-18-17-31-14-5-4-6-15-31/h7-13,19,27H,4-6,14-18H2,1-3H3. The molecule has 0 radical (unpaired) electrons. The Balaban J connectivity index is 1.35. The summed E-state index contributed by atoms with van der Waals surface area (Å²) < 4.78 is 16.7. The van der Waals surface area contributed by atoms with E-state index in [4.69, 9.17) is 9.47 Å². The van der Waals surface area contributed by atoms with Gasteiger partial charge in [-0.15, -0.1) is 0 Å². The number of hydrogen-bond donors (Lipinski definition) is 0. The van der Waals surface area contributed by atoms with E-state index < -0.39 is 23.0 Å². The molecule has 0 bridgehead atoms. The second-order valence-electron chi connectivity index (χ2n) is 11.1. The summed E-state index contributed by atoms with van der Waals surface area (Å²) in [6.07, 6.45) is 5.78. The minimum atomic E-state index is -0.684. The van der Waals surface area contributed by atoms with Crippen LogP contribution in [-0.2, 0) is 6.54 Å². The van der Waals surface area contributed by atoms with Gasteiger partial charge in [0.25, 0.3) is 0 Å². The quantitative estimate of drug-likeness (QED) is 0.358. The molecule has 1 fully saturated rings. The molecule has 1 unspecified atom stereocenters. The van der Waals surface area contributed by atoms with Gasteiger partial charge in [-0.05, 0) is 88.7 Å². The first-order valence-corrected chi connectivity index (χ1v) is 13.7. The number of Topliss-reactive ketones (excluding diaryl/α,β-unsaturated/α-hetero) is 1. The molecular weight excluding hydrogens is 496 g/mol. The number of hydrogen-bond acceptors (Lipinski definition) is 6. The average Bonchev–Trinajstić information content (AvgIpc) is 3.18. The number of carbonyl (C=O) groups is 1. The van der Waals surface area contributed by atoms with Crippen molar-refractivity contribution in [3.8, 4) is 17.2 Å². The van der Waals surface area contributed by atoms with Gasteiger partial charge in [0.2, 0.25) is 0 Å². The smallest absolute Gasteiger partial charge is 0.352 e. The first-order chi connectivity index (χ1) is 18.7. The summed E-state index contributed by atoms with van der Waals surface area (Å²) >= 11 is 0. The van der Waals surface area contributed by atoms with Crippen molar-refractivity contribution in [1.82, 2.24) is 18.8 Å². The fourth-order valence-corrected chi connectivity index (χ4v) is 6.01. The van der Waals surface area contributed by atoms with Crippen LogP contribution in [0.1, 0.15) is 62.0 Å². The van der Waals surface area contributed by atoms with E-state index in [0.29, 0.717) is 23.6 Å². The highest BCUT2D eigenvalue weighted by Crippen LogP contribution is 2.47. The Morgan fingerprint density at radius 3 is 2.49 bits per heavy atom. The second kappa shape index (κ2) is 9.72. The number of likely N-dealkylation sites (tertiary alicyclic amines) is 1. The topological polar surface area (TPSA) is 87.7 Å². The van der Waals surface area contributed by atoms with E-state index in [1.54, 1.807) is 24.3 Å². The normalized spacial score (nSPS) is 19.8. The lowest BCUT2D eigenvalue weighted by Crippen LogP contribution is -2.46. The van der Waals surface area contributed by atoms with E-state index in [0.717, 1.165) is 36.5 Å². The van der Waals surface area contributed by atoms with Crippen LogP contribution in [0.2, 0.25) is 0 Å². The molecule has 9 heteroatoms. The van der Waals surface area contributed by atoms with E-state index in [1.807, 2.05) is 38.1 Å². The third-order valence-corrected chi connectivity index (χ3v) is 8.08. The van der Waals surface area contributed by atoms with E-state index in [1.165, 1.54) is 40.1 Å². The number of fused-ring (bicyclic) bond motifs is 5. The Morgan fingerprint density at radius 1 is 1.03 bits per heavy atom. The van der Waals surface area contributed by atoms with Gasteiger partial charge in [-0.25, -0.2) is 23.5 Å². The Labute approximate surface area is 226 Å². The molecule has 0 amide bonds. The molecule has 1 saturated heterocycles. The number of nitrogens with zero attached hydrogens (tertiary/aromatic N) is 4. The van der Waals surface area contributed by atoms with Crippen LogP contribution >= 0.6 is 0 Å². The highest BCUT2D eigenvalue weighted by molar-refractivity contribution is 5.94. The van der Waals surface area contributed by atoms with Gasteiger partial charge in [0.1, 0.15) is 29.7 Å². The van der Waals surface area contributed by atoms with Crippen molar-refractivity contribution in [2.45, 2.75) is 58.2 Å². The van der Waals surface area contributed by atoms with Gasteiger partial charge >= 0.3 is 11.4 Å². The maximum atomic E-state index is 13.8. The van der Waals surface area contributed by atoms with Crippen LogP contribution in [0.3, 0.4) is 0 Å². The number of allylic oxidation sites excluding steroid dienone is 1. The third-order valence-electron chi connectivity index (χ3n) is 8.08. The Bertz CT molecular complexity index is 1570. The van der Waals surface area contributed by atoms with Crippen LogP contribution in [0.25, 0.3) is 5.69 Å². The minimum Gasteiger partial charge on any atom is -0.492 e. The predicted molar refractivity (Wildman–Crippen MR) is 147 cm³/mol. The largest absolute Gasteiger partial charge is 0.492 e. The van der Waals surface area contributed by atoms with Gasteiger partial charge in [-0.1, -0.05) is 12.5 Å². The lowest BCUT2D eigenvalue weighted by Gasteiger charge is -2.42. The third kappa shape index (κ3) is 4.44. The van der Waals surface area contributed by atoms with Crippen LogP contribution in [0.15, 0.2) is 63.7 Å². The summed E-state index contributed by atoms with van der Waals surface area (Å²) in [6, 6.07) is 11.8.